The third-order valence-electron chi connectivity index (χ3n) is 2.55. The number of hydrogen-bond acceptors (Lipinski definition) is 1. The van der Waals surface area contributed by atoms with Gasteiger partial charge >= 0.3 is 18.5 Å². The predicted molar refractivity (Wildman–Crippen MR) is 47.9 cm³/mol. The Hall–Kier alpha value is -1.61. The van der Waals surface area contributed by atoms with Gasteiger partial charge in [0.05, 0.1) is 0 Å². The van der Waals surface area contributed by atoms with Crippen molar-refractivity contribution < 1.29 is 44.6 Å². The van der Waals surface area contributed by atoms with Crippen molar-refractivity contribution in [1.82, 2.24) is 0 Å². The Kier molecular flexibility index (Phi) is 3.66. The van der Waals surface area contributed by atoms with Crippen LogP contribution in [0.4, 0.5) is 39.5 Å². The lowest BCUT2D eigenvalue weighted by atomic mass is 9.78. The standard InChI is InChI=1S/C10H5F9O/c11-8(12,13)7(9(14,15)16,10(17,18)19)5-2-1-3-6(20)4-5/h1-4,20H. The van der Waals surface area contributed by atoms with E-state index in [0.29, 0.717) is 12.1 Å². The summed E-state index contributed by atoms with van der Waals surface area (Å²) >= 11 is 0. The van der Waals surface area contributed by atoms with Crippen molar-refractivity contribution in [1.29, 1.82) is 0 Å². The second kappa shape index (κ2) is 4.45. The van der Waals surface area contributed by atoms with E-state index < -0.39 is 35.3 Å². The molecule has 0 atom stereocenters. The average molecular weight is 312 g/mol. The molecule has 1 rings (SSSR count). The Morgan fingerprint density at radius 1 is 0.700 bits per heavy atom. The second-order valence-electron chi connectivity index (χ2n) is 3.79. The van der Waals surface area contributed by atoms with Gasteiger partial charge < -0.3 is 5.11 Å². The maximum atomic E-state index is 12.7. The van der Waals surface area contributed by atoms with Crippen LogP contribution in [0.1, 0.15) is 5.56 Å². The normalized spacial score (nSPS) is 14.4. The van der Waals surface area contributed by atoms with Crippen LogP contribution >= 0.6 is 0 Å². The van der Waals surface area contributed by atoms with Crippen molar-refractivity contribution >= 4 is 0 Å². The van der Waals surface area contributed by atoms with E-state index in [-0.39, 0.29) is 12.1 Å². The van der Waals surface area contributed by atoms with E-state index >= 15 is 0 Å². The summed E-state index contributed by atoms with van der Waals surface area (Å²) in [5, 5.41) is 8.87. The van der Waals surface area contributed by atoms with Gasteiger partial charge in [-0.25, -0.2) is 0 Å². The Morgan fingerprint density at radius 2 is 1.10 bits per heavy atom. The molecule has 0 spiro atoms. The molecule has 0 amide bonds. The minimum absolute atomic E-state index is 0.00813. The fraction of sp³-hybridized carbons (Fsp3) is 0.400. The van der Waals surface area contributed by atoms with Crippen LogP contribution < -0.4 is 0 Å². The zero-order chi connectivity index (χ0) is 16.0. The topological polar surface area (TPSA) is 20.2 Å². The van der Waals surface area contributed by atoms with E-state index in [9.17, 15) is 39.5 Å². The average Bonchev–Trinajstić information content (AvgIpc) is 2.10. The van der Waals surface area contributed by atoms with Crippen molar-refractivity contribution in [3.05, 3.63) is 29.8 Å². The highest BCUT2D eigenvalue weighted by atomic mass is 19.4. The zero-order valence-electron chi connectivity index (χ0n) is 9.16. The van der Waals surface area contributed by atoms with E-state index in [1.54, 1.807) is 0 Å². The maximum absolute atomic E-state index is 12.7. The van der Waals surface area contributed by atoms with Crippen molar-refractivity contribution in [3.63, 3.8) is 0 Å². The molecule has 1 nitrogen and oxygen atoms in total. The van der Waals surface area contributed by atoms with Crippen molar-refractivity contribution in [2.45, 2.75) is 23.9 Å². The molecule has 0 saturated carbocycles. The van der Waals surface area contributed by atoms with Gasteiger partial charge in [0, 0.05) is 0 Å². The number of benzene rings is 1. The molecule has 20 heavy (non-hydrogen) atoms. The molecule has 0 fully saturated rings. The Labute approximate surface area is 105 Å². The van der Waals surface area contributed by atoms with Gasteiger partial charge in [0.2, 0.25) is 0 Å². The first kappa shape index (κ1) is 16.4. The Morgan fingerprint density at radius 3 is 1.40 bits per heavy atom. The van der Waals surface area contributed by atoms with Gasteiger partial charge in [0.15, 0.2) is 0 Å². The van der Waals surface area contributed by atoms with Crippen LogP contribution in [0.2, 0.25) is 0 Å². The van der Waals surface area contributed by atoms with Crippen LogP contribution in [0.5, 0.6) is 5.75 Å². The molecule has 0 bridgehead atoms. The number of hydrogen-bond donors (Lipinski definition) is 1. The SMILES string of the molecule is Oc1cccc(C(C(F)(F)F)(C(F)(F)F)C(F)(F)F)c1. The summed E-state index contributed by atoms with van der Waals surface area (Å²) < 4.78 is 114. The highest BCUT2D eigenvalue weighted by molar-refractivity contribution is 5.38. The number of phenolic OH excluding ortho intramolecular Hbond substituents is 1. The van der Waals surface area contributed by atoms with Crippen LogP contribution in [0.15, 0.2) is 24.3 Å². The molecule has 114 valence electrons. The molecule has 1 N–H and O–H groups in total. The third kappa shape index (κ3) is 2.27. The van der Waals surface area contributed by atoms with Crippen molar-refractivity contribution in [3.8, 4) is 5.75 Å². The van der Waals surface area contributed by atoms with E-state index in [4.69, 9.17) is 5.11 Å². The summed E-state index contributed by atoms with van der Waals surface area (Å²) in [6.07, 6.45) is -20.0. The summed E-state index contributed by atoms with van der Waals surface area (Å²) in [5.41, 5.74) is -8.21. The number of phenols is 1. The quantitative estimate of drug-likeness (QED) is 0.766. The minimum atomic E-state index is -6.68. The highest BCUT2D eigenvalue weighted by Gasteiger charge is 2.84. The van der Waals surface area contributed by atoms with Crippen LogP contribution in [0.3, 0.4) is 0 Å². The molecular weight excluding hydrogens is 307 g/mol. The van der Waals surface area contributed by atoms with Gasteiger partial charge in [-0.1, -0.05) is 12.1 Å². The summed E-state index contributed by atoms with van der Waals surface area (Å²) in [6.45, 7) is 0. The lowest BCUT2D eigenvalue weighted by Crippen LogP contribution is -2.63. The monoisotopic (exact) mass is 312 g/mol. The van der Waals surface area contributed by atoms with Gasteiger partial charge in [-0.05, 0) is 17.7 Å². The lowest BCUT2D eigenvalue weighted by molar-refractivity contribution is -0.387. The number of alkyl halides is 9. The Bertz CT molecular complexity index is 447. The third-order valence-corrected chi connectivity index (χ3v) is 2.55. The van der Waals surface area contributed by atoms with Gasteiger partial charge in [-0.2, -0.15) is 39.5 Å². The van der Waals surface area contributed by atoms with E-state index in [2.05, 4.69) is 0 Å². The molecule has 0 unspecified atom stereocenters. The van der Waals surface area contributed by atoms with E-state index in [0.717, 1.165) is 0 Å². The van der Waals surface area contributed by atoms with E-state index in [1.165, 1.54) is 0 Å². The molecule has 1 aromatic carbocycles. The molecular formula is C10H5F9O. The smallest absolute Gasteiger partial charge is 0.416 e. The number of rotatable bonds is 1. The molecule has 0 aliphatic carbocycles. The fourth-order valence-electron chi connectivity index (χ4n) is 1.71. The van der Waals surface area contributed by atoms with Crippen LogP contribution in [-0.2, 0) is 5.41 Å². The maximum Gasteiger partial charge on any atom is 0.416 e. The van der Waals surface area contributed by atoms with Crippen molar-refractivity contribution in [2.24, 2.45) is 0 Å². The Balaban J connectivity index is 3.82. The van der Waals surface area contributed by atoms with Crippen LogP contribution in [-0.4, -0.2) is 23.6 Å². The molecule has 0 heterocycles. The molecule has 0 radical (unpaired) electrons. The molecule has 10 heteroatoms. The fourth-order valence-corrected chi connectivity index (χ4v) is 1.71. The first-order valence-corrected chi connectivity index (χ1v) is 4.75. The molecule has 1 aromatic rings. The number of aromatic hydroxyl groups is 1. The number of halogens is 9. The van der Waals surface area contributed by atoms with Crippen LogP contribution in [0.25, 0.3) is 0 Å². The van der Waals surface area contributed by atoms with Gasteiger partial charge in [0.25, 0.3) is 5.41 Å². The summed E-state index contributed by atoms with van der Waals surface area (Å²) in [7, 11) is 0. The highest BCUT2D eigenvalue weighted by Crippen LogP contribution is 2.60. The summed E-state index contributed by atoms with van der Waals surface area (Å²) in [6, 6.07) is 0.905. The largest absolute Gasteiger partial charge is 0.508 e. The summed E-state index contributed by atoms with van der Waals surface area (Å²) in [4.78, 5) is 0. The molecule has 0 aliphatic rings. The molecule has 0 saturated heterocycles. The van der Waals surface area contributed by atoms with Crippen LogP contribution in [0, 0.1) is 0 Å². The van der Waals surface area contributed by atoms with E-state index in [1.807, 2.05) is 0 Å². The molecule has 0 aromatic heterocycles. The van der Waals surface area contributed by atoms with Gasteiger partial charge in [-0.15, -0.1) is 0 Å². The molecule has 0 aliphatic heterocycles. The minimum Gasteiger partial charge on any atom is -0.508 e. The van der Waals surface area contributed by atoms with Crippen molar-refractivity contribution in [2.75, 3.05) is 0 Å². The zero-order valence-corrected chi connectivity index (χ0v) is 9.16. The first-order chi connectivity index (χ1) is 8.75. The van der Waals surface area contributed by atoms with Gasteiger partial charge in [0.1, 0.15) is 5.75 Å². The lowest BCUT2D eigenvalue weighted by Gasteiger charge is -2.38. The second-order valence-corrected chi connectivity index (χ2v) is 3.79. The van der Waals surface area contributed by atoms with Gasteiger partial charge in [-0.3, -0.25) is 0 Å². The first-order valence-electron chi connectivity index (χ1n) is 4.75. The predicted octanol–water partition coefficient (Wildman–Crippen LogP) is 4.32. The summed E-state index contributed by atoms with van der Waals surface area (Å²) in [5.74, 6) is -1.15.